The Balaban J connectivity index is 2.62. The highest BCUT2D eigenvalue weighted by Crippen LogP contribution is 2.48. The SMILES string of the molecule is CC(=O)OC[C@H](F)C1O[C@@H](OP(=O)(N[C@@H](C)C(=O)OC(C)C)Oc2ccccc2)C(OC(C)=O)C(OC(C)=O)[C@@H]1OC(C)=O. The highest BCUT2D eigenvalue weighted by Gasteiger charge is 2.57. The third-order valence-corrected chi connectivity index (χ3v) is 7.15. The molecule has 1 saturated heterocycles. The second kappa shape index (κ2) is 16.5. The van der Waals surface area contributed by atoms with Crippen LogP contribution in [0.25, 0.3) is 0 Å². The third-order valence-electron chi connectivity index (χ3n) is 5.51. The van der Waals surface area contributed by atoms with E-state index in [0.717, 1.165) is 27.7 Å². The fourth-order valence-electron chi connectivity index (χ4n) is 3.93. The van der Waals surface area contributed by atoms with Crippen LogP contribution in [0.15, 0.2) is 30.3 Å². The van der Waals surface area contributed by atoms with Gasteiger partial charge in [-0.25, -0.2) is 8.96 Å². The standard InChI is InChI=1S/C27H37FNO14P/c1-14(2)37-26(34)15(3)29-44(35,42-20-11-9-8-10-12-20)43-27-25(40-19(7)33)24(39-18(6)32)23(38-17(5)31)22(41-27)21(28)13-36-16(4)30/h8-12,14-15,21-25,27H,13H2,1-7H3,(H,29,35)/t15-,21-,22?,23+,24?,25?,27-,44?/m0/s1. The number of halogens is 1. The van der Waals surface area contributed by atoms with Crippen LogP contribution >= 0.6 is 7.75 Å². The number of rotatable bonds is 14. The van der Waals surface area contributed by atoms with Gasteiger partial charge >= 0.3 is 37.6 Å². The molecule has 44 heavy (non-hydrogen) atoms. The van der Waals surface area contributed by atoms with Gasteiger partial charge in [0.05, 0.1) is 6.10 Å². The van der Waals surface area contributed by atoms with Crippen molar-refractivity contribution in [1.82, 2.24) is 5.09 Å². The van der Waals surface area contributed by atoms with Crippen molar-refractivity contribution >= 4 is 37.6 Å². The summed E-state index contributed by atoms with van der Waals surface area (Å²) in [6.45, 7) is 7.56. The molecule has 17 heteroatoms. The zero-order valence-corrected chi connectivity index (χ0v) is 26.1. The lowest BCUT2D eigenvalue weighted by atomic mass is 9.95. The summed E-state index contributed by atoms with van der Waals surface area (Å²) in [6.07, 6.45) is -12.1. The topological polar surface area (TPSA) is 188 Å². The Bertz CT molecular complexity index is 1210. The van der Waals surface area contributed by atoms with Crippen LogP contribution < -0.4 is 9.61 Å². The number of para-hydroxylation sites is 1. The van der Waals surface area contributed by atoms with E-state index in [1.54, 1.807) is 32.0 Å². The minimum absolute atomic E-state index is 0.00305. The highest BCUT2D eigenvalue weighted by molar-refractivity contribution is 7.52. The molecule has 1 aromatic carbocycles. The number of carbonyl (C=O) groups excluding carboxylic acids is 5. The second-order valence-corrected chi connectivity index (χ2v) is 11.5. The molecule has 0 aliphatic carbocycles. The summed E-state index contributed by atoms with van der Waals surface area (Å²) >= 11 is 0. The van der Waals surface area contributed by atoms with E-state index in [9.17, 15) is 28.5 Å². The van der Waals surface area contributed by atoms with Gasteiger partial charge in [0.25, 0.3) is 0 Å². The van der Waals surface area contributed by atoms with Crippen molar-refractivity contribution in [2.24, 2.45) is 0 Å². The van der Waals surface area contributed by atoms with Gasteiger partial charge in [-0.3, -0.25) is 28.5 Å². The number of ether oxygens (including phenoxy) is 6. The normalized spacial score (nSPS) is 24.2. The Morgan fingerprint density at radius 3 is 1.93 bits per heavy atom. The lowest BCUT2D eigenvalue weighted by molar-refractivity contribution is -0.295. The van der Waals surface area contributed by atoms with Crippen LogP contribution in [0.5, 0.6) is 5.75 Å². The zero-order valence-electron chi connectivity index (χ0n) is 25.3. The number of alkyl halides is 1. The van der Waals surface area contributed by atoms with Crippen molar-refractivity contribution in [1.29, 1.82) is 0 Å². The molecule has 0 spiro atoms. The summed E-state index contributed by atoms with van der Waals surface area (Å²) in [6, 6.07) is 6.26. The summed E-state index contributed by atoms with van der Waals surface area (Å²) in [5.74, 6) is -4.58. The Labute approximate surface area is 253 Å². The van der Waals surface area contributed by atoms with Gasteiger partial charge < -0.3 is 32.9 Å². The van der Waals surface area contributed by atoms with Crippen LogP contribution in [0.3, 0.4) is 0 Å². The Hall–Kier alpha value is -3.59. The molecular weight excluding hydrogens is 612 g/mol. The van der Waals surface area contributed by atoms with Gasteiger partial charge in [-0.1, -0.05) is 18.2 Å². The molecule has 8 atom stereocenters. The summed E-state index contributed by atoms with van der Waals surface area (Å²) in [4.78, 5) is 60.2. The quantitative estimate of drug-likeness (QED) is 0.176. The van der Waals surface area contributed by atoms with E-state index in [1.807, 2.05) is 0 Å². The zero-order chi connectivity index (χ0) is 33.2. The van der Waals surface area contributed by atoms with E-state index in [2.05, 4.69) is 5.09 Å². The molecule has 0 aromatic heterocycles. The van der Waals surface area contributed by atoms with Gasteiger partial charge in [0.15, 0.2) is 24.5 Å². The number of carbonyl (C=O) groups is 5. The molecule has 1 aliphatic heterocycles. The molecule has 0 saturated carbocycles. The molecule has 0 amide bonds. The minimum atomic E-state index is -4.76. The number of hydrogen-bond acceptors (Lipinski definition) is 14. The fraction of sp³-hybridized carbons (Fsp3) is 0.593. The highest BCUT2D eigenvalue weighted by atomic mass is 31.2. The lowest BCUT2D eigenvalue weighted by Crippen LogP contribution is -2.64. The number of benzene rings is 1. The molecule has 1 N–H and O–H groups in total. The molecule has 15 nitrogen and oxygen atoms in total. The van der Waals surface area contributed by atoms with E-state index >= 15 is 4.39 Å². The lowest BCUT2D eigenvalue weighted by Gasteiger charge is -2.45. The minimum Gasteiger partial charge on any atom is -0.463 e. The predicted molar refractivity (Wildman–Crippen MR) is 146 cm³/mol. The fourth-order valence-corrected chi connectivity index (χ4v) is 5.51. The largest absolute Gasteiger partial charge is 0.463 e. The van der Waals surface area contributed by atoms with Crippen molar-refractivity contribution in [2.75, 3.05) is 6.61 Å². The van der Waals surface area contributed by atoms with Gasteiger partial charge in [-0.15, -0.1) is 0 Å². The average molecular weight is 650 g/mol. The number of hydrogen-bond donors (Lipinski definition) is 1. The van der Waals surface area contributed by atoms with E-state index in [4.69, 9.17) is 37.5 Å². The third kappa shape index (κ3) is 11.5. The smallest absolute Gasteiger partial charge is 0.461 e. The van der Waals surface area contributed by atoms with E-state index in [-0.39, 0.29) is 5.75 Å². The average Bonchev–Trinajstić information content (AvgIpc) is 2.89. The Morgan fingerprint density at radius 1 is 0.864 bits per heavy atom. The monoisotopic (exact) mass is 649 g/mol. The molecule has 1 fully saturated rings. The maximum Gasteiger partial charge on any atom is 0.461 e. The summed E-state index contributed by atoms with van der Waals surface area (Å²) in [5, 5.41) is 2.41. The molecule has 1 heterocycles. The van der Waals surface area contributed by atoms with E-state index in [1.165, 1.54) is 19.1 Å². The molecular formula is C27H37FNO14P. The van der Waals surface area contributed by atoms with Crippen LogP contribution in [0.2, 0.25) is 0 Å². The number of esters is 5. The first-order chi connectivity index (χ1) is 20.5. The van der Waals surface area contributed by atoms with Crippen molar-refractivity contribution < 1.29 is 70.4 Å². The van der Waals surface area contributed by atoms with Crippen LogP contribution in [-0.4, -0.2) is 85.5 Å². The first-order valence-corrected chi connectivity index (χ1v) is 15.0. The Kier molecular flexibility index (Phi) is 13.7. The first-order valence-electron chi connectivity index (χ1n) is 13.5. The maximum atomic E-state index is 15.6. The maximum absolute atomic E-state index is 15.6. The van der Waals surface area contributed by atoms with Gasteiger partial charge in [0, 0.05) is 27.7 Å². The van der Waals surface area contributed by atoms with E-state index < -0.39 is 93.2 Å². The first kappa shape index (κ1) is 36.6. The van der Waals surface area contributed by atoms with Crippen LogP contribution in [-0.2, 0) is 61.5 Å². The summed E-state index contributed by atoms with van der Waals surface area (Å²) in [5.41, 5.74) is 0. The van der Waals surface area contributed by atoms with Crippen molar-refractivity contribution in [3.63, 3.8) is 0 Å². The van der Waals surface area contributed by atoms with Gasteiger partial charge in [0.1, 0.15) is 24.5 Å². The second-order valence-electron chi connectivity index (χ2n) is 9.85. The van der Waals surface area contributed by atoms with E-state index in [0.29, 0.717) is 0 Å². The molecule has 246 valence electrons. The summed E-state index contributed by atoms with van der Waals surface area (Å²) < 4.78 is 72.5. The van der Waals surface area contributed by atoms with Crippen molar-refractivity contribution in [3.8, 4) is 5.75 Å². The van der Waals surface area contributed by atoms with Crippen molar-refractivity contribution in [2.45, 2.75) is 97.5 Å². The summed E-state index contributed by atoms with van der Waals surface area (Å²) in [7, 11) is -4.76. The molecule has 1 aromatic rings. The molecule has 0 radical (unpaired) electrons. The molecule has 0 bridgehead atoms. The molecule has 4 unspecified atom stereocenters. The van der Waals surface area contributed by atoms with Crippen molar-refractivity contribution in [3.05, 3.63) is 30.3 Å². The predicted octanol–water partition coefficient (Wildman–Crippen LogP) is 2.54. The molecule has 2 rings (SSSR count). The van der Waals surface area contributed by atoms with Crippen LogP contribution in [0, 0.1) is 0 Å². The Morgan fingerprint density at radius 2 is 1.41 bits per heavy atom. The number of nitrogens with one attached hydrogen (secondary N) is 1. The van der Waals surface area contributed by atoms with Gasteiger partial charge in [0.2, 0.25) is 6.29 Å². The van der Waals surface area contributed by atoms with Crippen LogP contribution in [0.4, 0.5) is 4.39 Å². The van der Waals surface area contributed by atoms with Crippen LogP contribution in [0.1, 0.15) is 48.5 Å². The molecule has 1 aliphatic rings. The van der Waals surface area contributed by atoms with Gasteiger partial charge in [-0.2, -0.15) is 5.09 Å². The van der Waals surface area contributed by atoms with Gasteiger partial charge in [-0.05, 0) is 32.9 Å².